The van der Waals surface area contributed by atoms with Gasteiger partial charge in [0.1, 0.15) is 0 Å². The first-order valence-electron chi connectivity index (χ1n) is 6.39. The molecule has 0 radical (unpaired) electrons. The molecular formula is C15H20O3. The fraction of sp³-hybridized carbons (Fsp3) is 0.467. The Bertz CT molecular complexity index is 395. The molecule has 1 saturated heterocycles. The van der Waals surface area contributed by atoms with Crippen molar-refractivity contribution in [3.8, 4) is 11.5 Å². The van der Waals surface area contributed by atoms with E-state index in [0.29, 0.717) is 0 Å². The van der Waals surface area contributed by atoms with Gasteiger partial charge in [0.2, 0.25) is 0 Å². The highest BCUT2D eigenvalue weighted by molar-refractivity contribution is 5.43. The van der Waals surface area contributed by atoms with Crippen LogP contribution in [0, 0.1) is 0 Å². The molecule has 1 aliphatic heterocycles. The normalized spacial score (nSPS) is 19.3. The lowest BCUT2D eigenvalue weighted by Gasteiger charge is -2.24. The Morgan fingerprint density at radius 2 is 2.28 bits per heavy atom. The van der Waals surface area contributed by atoms with Crippen LogP contribution in [0.15, 0.2) is 30.9 Å². The summed E-state index contributed by atoms with van der Waals surface area (Å²) in [7, 11) is 1.65. The number of hydrogen-bond donors (Lipinski definition) is 0. The highest BCUT2D eigenvalue weighted by Crippen LogP contribution is 2.30. The first kappa shape index (κ1) is 13.0. The van der Waals surface area contributed by atoms with Gasteiger partial charge in [0, 0.05) is 6.42 Å². The molecular weight excluding hydrogens is 228 g/mol. The monoisotopic (exact) mass is 248 g/mol. The molecule has 3 nitrogen and oxygen atoms in total. The lowest BCUT2D eigenvalue weighted by atomic mass is 10.1. The first-order chi connectivity index (χ1) is 8.83. The van der Waals surface area contributed by atoms with E-state index in [4.69, 9.17) is 14.2 Å². The quantitative estimate of drug-likeness (QED) is 0.748. The smallest absolute Gasteiger partial charge is 0.200 e. The predicted molar refractivity (Wildman–Crippen MR) is 71.1 cm³/mol. The maximum atomic E-state index is 5.84. The Kier molecular flexibility index (Phi) is 4.65. The van der Waals surface area contributed by atoms with E-state index in [2.05, 4.69) is 6.58 Å². The maximum Gasteiger partial charge on any atom is 0.200 e. The van der Waals surface area contributed by atoms with Gasteiger partial charge in [0.05, 0.1) is 13.7 Å². The van der Waals surface area contributed by atoms with Gasteiger partial charge in [0.25, 0.3) is 0 Å². The minimum Gasteiger partial charge on any atom is -0.493 e. The minimum absolute atomic E-state index is 0.141. The standard InChI is InChI=1S/C15H20O3/c1-3-6-12-8-9-13(14(11-12)16-2)18-15-7-4-5-10-17-15/h3,8-9,11,15H,1,4-7,10H2,2H3/t15-/m0/s1. The lowest BCUT2D eigenvalue weighted by Crippen LogP contribution is -2.25. The molecule has 0 bridgehead atoms. The predicted octanol–water partition coefficient (Wildman–Crippen LogP) is 3.33. The van der Waals surface area contributed by atoms with Crippen LogP contribution in [0.3, 0.4) is 0 Å². The molecule has 1 aromatic carbocycles. The van der Waals surface area contributed by atoms with Crippen LogP contribution in [0.2, 0.25) is 0 Å². The molecule has 1 heterocycles. The largest absolute Gasteiger partial charge is 0.493 e. The summed E-state index contributed by atoms with van der Waals surface area (Å²) in [6.45, 7) is 4.51. The molecule has 1 fully saturated rings. The van der Waals surface area contributed by atoms with Gasteiger partial charge >= 0.3 is 0 Å². The molecule has 1 atom stereocenters. The molecule has 0 spiro atoms. The van der Waals surface area contributed by atoms with Gasteiger partial charge in [-0.15, -0.1) is 6.58 Å². The van der Waals surface area contributed by atoms with Crippen LogP contribution in [0.4, 0.5) is 0 Å². The van der Waals surface area contributed by atoms with Crippen molar-refractivity contribution in [1.29, 1.82) is 0 Å². The summed E-state index contributed by atoms with van der Waals surface area (Å²) >= 11 is 0. The van der Waals surface area contributed by atoms with E-state index >= 15 is 0 Å². The Balaban J connectivity index is 2.08. The number of rotatable bonds is 5. The average Bonchev–Trinajstić information content (AvgIpc) is 2.42. The molecule has 3 heteroatoms. The van der Waals surface area contributed by atoms with E-state index in [0.717, 1.165) is 43.8 Å². The Labute approximate surface area is 108 Å². The summed E-state index contributed by atoms with van der Waals surface area (Å²) < 4.78 is 16.8. The summed E-state index contributed by atoms with van der Waals surface area (Å²) in [5.41, 5.74) is 1.17. The van der Waals surface area contributed by atoms with Crippen molar-refractivity contribution in [2.24, 2.45) is 0 Å². The zero-order valence-electron chi connectivity index (χ0n) is 10.9. The Morgan fingerprint density at radius 1 is 1.39 bits per heavy atom. The van der Waals surface area contributed by atoms with Gasteiger partial charge in [-0.05, 0) is 37.0 Å². The van der Waals surface area contributed by atoms with E-state index < -0.39 is 0 Å². The molecule has 1 aliphatic rings. The van der Waals surface area contributed by atoms with Crippen molar-refractivity contribution in [2.75, 3.05) is 13.7 Å². The molecule has 1 aromatic rings. The number of methoxy groups -OCH3 is 1. The number of ether oxygens (including phenoxy) is 3. The van der Waals surface area contributed by atoms with Crippen LogP contribution in [-0.4, -0.2) is 20.0 Å². The van der Waals surface area contributed by atoms with Crippen molar-refractivity contribution in [3.63, 3.8) is 0 Å². The van der Waals surface area contributed by atoms with E-state index in [-0.39, 0.29) is 6.29 Å². The summed E-state index contributed by atoms with van der Waals surface area (Å²) in [6, 6.07) is 5.96. The third-order valence-electron chi connectivity index (χ3n) is 3.00. The zero-order chi connectivity index (χ0) is 12.8. The zero-order valence-corrected chi connectivity index (χ0v) is 10.9. The third kappa shape index (κ3) is 3.26. The molecule has 0 saturated carbocycles. The summed E-state index contributed by atoms with van der Waals surface area (Å²) in [4.78, 5) is 0. The van der Waals surface area contributed by atoms with Gasteiger partial charge < -0.3 is 14.2 Å². The van der Waals surface area contributed by atoms with Crippen molar-refractivity contribution in [1.82, 2.24) is 0 Å². The SMILES string of the molecule is C=CCc1ccc(O[C@H]2CCCCO2)c(OC)c1. The average molecular weight is 248 g/mol. The molecule has 0 aliphatic carbocycles. The van der Waals surface area contributed by atoms with Gasteiger partial charge in [-0.2, -0.15) is 0 Å². The number of benzene rings is 1. The van der Waals surface area contributed by atoms with E-state index in [1.807, 2.05) is 24.3 Å². The summed E-state index contributed by atoms with van der Waals surface area (Å²) in [5, 5.41) is 0. The maximum absolute atomic E-state index is 5.84. The molecule has 18 heavy (non-hydrogen) atoms. The number of allylic oxidation sites excluding steroid dienone is 1. The first-order valence-corrected chi connectivity index (χ1v) is 6.39. The molecule has 0 unspecified atom stereocenters. The van der Waals surface area contributed by atoms with Gasteiger partial charge in [-0.1, -0.05) is 12.1 Å². The van der Waals surface area contributed by atoms with Crippen molar-refractivity contribution < 1.29 is 14.2 Å². The second-order valence-corrected chi connectivity index (χ2v) is 4.39. The third-order valence-corrected chi connectivity index (χ3v) is 3.00. The number of hydrogen-bond acceptors (Lipinski definition) is 3. The van der Waals surface area contributed by atoms with Gasteiger partial charge in [0.15, 0.2) is 17.8 Å². The Morgan fingerprint density at radius 3 is 2.94 bits per heavy atom. The molecule has 0 N–H and O–H groups in total. The van der Waals surface area contributed by atoms with Crippen molar-refractivity contribution in [3.05, 3.63) is 36.4 Å². The molecule has 0 aromatic heterocycles. The summed E-state index contributed by atoms with van der Waals surface area (Å²) in [5.74, 6) is 1.50. The highest BCUT2D eigenvalue weighted by atomic mass is 16.7. The van der Waals surface area contributed by atoms with Gasteiger partial charge in [-0.3, -0.25) is 0 Å². The lowest BCUT2D eigenvalue weighted by molar-refractivity contribution is -0.106. The molecule has 2 rings (SSSR count). The van der Waals surface area contributed by atoms with E-state index in [9.17, 15) is 0 Å². The second kappa shape index (κ2) is 6.45. The van der Waals surface area contributed by atoms with Crippen LogP contribution >= 0.6 is 0 Å². The van der Waals surface area contributed by atoms with Crippen LogP contribution in [-0.2, 0) is 11.2 Å². The Hall–Kier alpha value is -1.48. The van der Waals surface area contributed by atoms with E-state index in [1.165, 1.54) is 5.56 Å². The van der Waals surface area contributed by atoms with Gasteiger partial charge in [-0.25, -0.2) is 0 Å². The fourth-order valence-corrected chi connectivity index (χ4v) is 2.05. The highest BCUT2D eigenvalue weighted by Gasteiger charge is 2.17. The van der Waals surface area contributed by atoms with Crippen LogP contribution < -0.4 is 9.47 Å². The van der Waals surface area contributed by atoms with Crippen molar-refractivity contribution in [2.45, 2.75) is 32.0 Å². The van der Waals surface area contributed by atoms with Crippen LogP contribution in [0.5, 0.6) is 11.5 Å². The van der Waals surface area contributed by atoms with Crippen molar-refractivity contribution >= 4 is 0 Å². The second-order valence-electron chi connectivity index (χ2n) is 4.39. The molecule has 0 amide bonds. The minimum atomic E-state index is -0.141. The topological polar surface area (TPSA) is 27.7 Å². The van der Waals surface area contributed by atoms with E-state index in [1.54, 1.807) is 7.11 Å². The fourth-order valence-electron chi connectivity index (χ4n) is 2.05. The van der Waals surface area contributed by atoms with Crippen LogP contribution in [0.1, 0.15) is 24.8 Å². The summed E-state index contributed by atoms with van der Waals surface area (Å²) in [6.07, 6.45) is 5.78. The molecule has 98 valence electrons. The van der Waals surface area contributed by atoms with Crippen LogP contribution in [0.25, 0.3) is 0 Å².